The smallest absolute Gasteiger partial charge is 0.244 e. The van der Waals surface area contributed by atoms with Crippen LogP contribution in [0.5, 0.6) is 0 Å². The van der Waals surface area contributed by atoms with Crippen molar-refractivity contribution in [3.8, 4) is 11.3 Å². The van der Waals surface area contributed by atoms with Gasteiger partial charge in [-0.2, -0.15) is 4.98 Å². The highest BCUT2D eigenvalue weighted by atomic mass is 35.5. The SMILES string of the molecule is Nc1nc(NCCOC(CO)CO)nnc1-c1cccc(Cl)c1Cl. The number of hydrogen-bond donors (Lipinski definition) is 4. The third-order valence-corrected chi connectivity index (χ3v) is 3.89. The van der Waals surface area contributed by atoms with Gasteiger partial charge in [-0.3, -0.25) is 0 Å². The van der Waals surface area contributed by atoms with Gasteiger partial charge in [-0.15, -0.1) is 10.2 Å². The number of nitrogens with one attached hydrogen (secondary N) is 1. The Balaban J connectivity index is 2.01. The summed E-state index contributed by atoms with van der Waals surface area (Å²) in [6.07, 6.45) is -0.608. The van der Waals surface area contributed by atoms with E-state index < -0.39 is 6.10 Å². The van der Waals surface area contributed by atoms with Crippen molar-refractivity contribution < 1.29 is 14.9 Å². The van der Waals surface area contributed by atoms with Gasteiger partial charge in [0.15, 0.2) is 5.82 Å². The van der Waals surface area contributed by atoms with Crippen LogP contribution in [0.2, 0.25) is 10.0 Å². The van der Waals surface area contributed by atoms with Gasteiger partial charge in [-0.1, -0.05) is 35.3 Å². The summed E-state index contributed by atoms with van der Waals surface area (Å²) < 4.78 is 5.21. The first-order chi connectivity index (χ1) is 11.6. The predicted octanol–water partition coefficient (Wildman–Crippen LogP) is 1.21. The zero-order valence-electron chi connectivity index (χ0n) is 12.6. The van der Waals surface area contributed by atoms with Crippen LogP contribution in [0.15, 0.2) is 18.2 Å². The fourth-order valence-electron chi connectivity index (χ4n) is 1.84. The molecule has 130 valence electrons. The number of aliphatic hydroxyl groups is 2. The number of hydrogen-bond acceptors (Lipinski definition) is 8. The largest absolute Gasteiger partial charge is 0.394 e. The second-order valence-corrected chi connectivity index (χ2v) is 5.54. The highest BCUT2D eigenvalue weighted by molar-refractivity contribution is 6.43. The van der Waals surface area contributed by atoms with E-state index in [0.29, 0.717) is 27.8 Å². The summed E-state index contributed by atoms with van der Waals surface area (Å²) in [6.45, 7) is 0.0962. The Bertz CT molecular complexity index is 685. The van der Waals surface area contributed by atoms with Gasteiger partial charge in [0.05, 0.1) is 29.9 Å². The van der Waals surface area contributed by atoms with E-state index in [1.165, 1.54) is 0 Å². The van der Waals surface area contributed by atoms with Gasteiger partial charge in [-0.25, -0.2) is 0 Å². The molecule has 0 saturated heterocycles. The number of nitrogens with zero attached hydrogens (tertiary/aromatic N) is 3. The lowest BCUT2D eigenvalue weighted by Gasteiger charge is -2.13. The van der Waals surface area contributed by atoms with Gasteiger partial charge < -0.3 is 26.0 Å². The Labute approximate surface area is 148 Å². The Morgan fingerprint density at radius 2 is 1.96 bits per heavy atom. The number of halogens is 2. The molecular weight excluding hydrogens is 357 g/mol. The minimum atomic E-state index is -0.608. The molecule has 0 aliphatic carbocycles. The minimum Gasteiger partial charge on any atom is -0.394 e. The van der Waals surface area contributed by atoms with Gasteiger partial charge in [0.2, 0.25) is 5.95 Å². The van der Waals surface area contributed by atoms with Crippen molar-refractivity contribution in [1.29, 1.82) is 0 Å². The predicted molar refractivity (Wildman–Crippen MR) is 92.1 cm³/mol. The molecule has 0 fully saturated rings. The first-order valence-corrected chi connectivity index (χ1v) is 7.84. The maximum atomic E-state index is 8.88. The van der Waals surface area contributed by atoms with Crippen molar-refractivity contribution in [3.63, 3.8) is 0 Å². The molecule has 0 radical (unpaired) electrons. The van der Waals surface area contributed by atoms with Gasteiger partial charge in [0, 0.05) is 12.1 Å². The van der Waals surface area contributed by atoms with Gasteiger partial charge in [-0.05, 0) is 6.07 Å². The summed E-state index contributed by atoms with van der Waals surface area (Å²) in [6, 6.07) is 5.11. The van der Waals surface area contributed by atoms with Gasteiger partial charge >= 0.3 is 0 Å². The highest BCUT2D eigenvalue weighted by Gasteiger charge is 2.14. The summed E-state index contributed by atoms with van der Waals surface area (Å²) >= 11 is 12.1. The third kappa shape index (κ3) is 4.65. The first-order valence-electron chi connectivity index (χ1n) is 7.08. The van der Waals surface area contributed by atoms with Crippen LogP contribution < -0.4 is 11.1 Å². The van der Waals surface area contributed by atoms with Crippen molar-refractivity contribution in [2.75, 3.05) is 37.4 Å². The quantitative estimate of drug-likeness (QED) is 0.508. The van der Waals surface area contributed by atoms with Crippen molar-refractivity contribution in [3.05, 3.63) is 28.2 Å². The number of aromatic nitrogens is 3. The molecule has 10 heteroatoms. The first kappa shape index (κ1) is 18.6. The second-order valence-electron chi connectivity index (χ2n) is 4.76. The Morgan fingerprint density at radius 1 is 1.21 bits per heavy atom. The number of ether oxygens (including phenoxy) is 1. The fourth-order valence-corrected chi connectivity index (χ4v) is 2.23. The molecule has 0 amide bonds. The van der Waals surface area contributed by atoms with Crippen LogP contribution in [0, 0.1) is 0 Å². The van der Waals surface area contributed by atoms with Gasteiger partial charge in [0.1, 0.15) is 11.8 Å². The number of nitrogen functional groups attached to an aromatic ring is 1. The number of aliphatic hydroxyl groups excluding tert-OH is 2. The minimum absolute atomic E-state index is 0.154. The lowest BCUT2D eigenvalue weighted by atomic mass is 10.1. The topological polar surface area (TPSA) is 126 Å². The monoisotopic (exact) mass is 373 g/mol. The van der Waals surface area contributed by atoms with Crippen molar-refractivity contribution in [2.24, 2.45) is 0 Å². The van der Waals surface area contributed by atoms with Crippen molar-refractivity contribution in [1.82, 2.24) is 15.2 Å². The number of rotatable bonds is 8. The molecule has 24 heavy (non-hydrogen) atoms. The normalized spacial score (nSPS) is 11.0. The molecule has 2 aromatic rings. The molecule has 0 atom stereocenters. The van der Waals surface area contributed by atoms with E-state index in [-0.39, 0.29) is 31.6 Å². The van der Waals surface area contributed by atoms with Crippen molar-refractivity contribution in [2.45, 2.75) is 6.10 Å². The second kappa shape index (κ2) is 8.95. The summed E-state index contributed by atoms with van der Waals surface area (Å²) in [7, 11) is 0. The molecule has 0 saturated carbocycles. The van der Waals surface area contributed by atoms with E-state index in [1.54, 1.807) is 18.2 Å². The van der Waals surface area contributed by atoms with Crippen LogP contribution in [0.3, 0.4) is 0 Å². The molecule has 1 aromatic heterocycles. The highest BCUT2D eigenvalue weighted by Crippen LogP contribution is 2.34. The van der Waals surface area contributed by atoms with E-state index in [2.05, 4.69) is 20.5 Å². The van der Waals surface area contributed by atoms with E-state index >= 15 is 0 Å². The summed E-state index contributed by atoms with van der Waals surface area (Å²) in [5.41, 5.74) is 6.80. The number of anilines is 2. The molecule has 5 N–H and O–H groups in total. The van der Waals surface area contributed by atoms with E-state index in [9.17, 15) is 0 Å². The average molecular weight is 374 g/mol. The summed E-state index contributed by atoms with van der Waals surface area (Å²) in [4.78, 5) is 4.11. The van der Waals surface area contributed by atoms with Crippen LogP contribution >= 0.6 is 23.2 Å². The summed E-state index contributed by atoms with van der Waals surface area (Å²) in [5.74, 6) is 0.378. The lowest BCUT2D eigenvalue weighted by molar-refractivity contribution is -0.0152. The number of benzene rings is 1. The van der Waals surface area contributed by atoms with E-state index in [0.717, 1.165) is 0 Å². The van der Waals surface area contributed by atoms with Crippen LogP contribution in [0.4, 0.5) is 11.8 Å². The number of nitrogens with two attached hydrogens (primary N) is 1. The molecule has 0 bridgehead atoms. The molecular formula is C14H17Cl2N5O3. The zero-order valence-corrected chi connectivity index (χ0v) is 14.1. The van der Waals surface area contributed by atoms with E-state index in [4.69, 9.17) is 43.9 Å². The Morgan fingerprint density at radius 3 is 2.62 bits per heavy atom. The maximum Gasteiger partial charge on any atom is 0.244 e. The molecule has 1 aromatic carbocycles. The molecule has 2 rings (SSSR count). The van der Waals surface area contributed by atoms with Crippen LogP contribution in [0.1, 0.15) is 0 Å². The maximum absolute atomic E-state index is 8.88. The fraction of sp³-hybridized carbons (Fsp3) is 0.357. The molecule has 8 nitrogen and oxygen atoms in total. The lowest BCUT2D eigenvalue weighted by Crippen LogP contribution is -2.25. The zero-order chi connectivity index (χ0) is 17.5. The molecule has 1 heterocycles. The Hall–Kier alpha value is -1.71. The van der Waals surface area contributed by atoms with Crippen molar-refractivity contribution >= 4 is 35.0 Å². The third-order valence-electron chi connectivity index (χ3n) is 3.07. The Kier molecular flexibility index (Phi) is 6.95. The van der Waals surface area contributed by atoms with Gasteiger partial charge in [0.25, 0.3) is 0 Å². The molecule has 0 spiro atoms. The average Bonchev–Trinajstić information content (AvgIpc) is 2.58. The summed E-state index contributed by atoms with van der Waals surface area (Å²) in [5, 5.41) is 29.3. The molecule has 0 aliphatic rings. The molecule has 0 unspecified atom stereocenters. The van der Waals surface area contributed by atoms with E-state index in [1.807, 2.05) is 0 Å². The van der Waals surface area contributed by atoms with Crippen LogP contribution in [0.25, 0.3) is 11.3 Å². The molecule has 0 aliphatic heterocycles. The van der Waals surface area contributed by atoms with Crippen LogP contribution in [-0.2, 0) is 4.74 Å². The van der Waals surface area contributed by atoms with Crippen LogP contribution in [-0.4, -0.2) is 57.9 Å². The standard InChI is InChI=1S/C14H17Cl2N5O3/c15-10-3-1-2-9(11(10)16)12-13(17)19-14(21-20-12)18-4-5-24-8(6-22)7-23/h1-3,8,22-23H,4-7H2,(H3,17,18,19,21).